The van der Waals surface area contributed by atoms with E-state index in [1.54, 1.807) is 37.3 Å². The molecule has 0 aliphatic carbocycles. The third-order valence-electron chi connectivity index (χ3n) is 3.49. The van der Waals surface area contributed by atoms with Crippen LogP contribution >= 0.6 is 0 Å². The highest BCUT2D eigenvalue weighted by Crippen LogP contribution is 2.17. The number of nitrogens with one attached hydrogen (secondary N) is 3. The van der Waals surface area contributed by atoms with Crippen LogP contribution in [0, 0.1) is 0 Å². The van der Waals surface area contributed by atoms with Crippen molar-refractivity contribution < 1.29 is 19.1 Å². The minimum atomic E-state index is -0.789. The molecule has 130 valence electrons. The van der Waals surface area contributed by atoms with Crippen LogP contribution in [0.2, 0.25) is 0 Å². The maximum atomic E-state index is 11.9. The lowest BCUT2D eigenvalue weighted by molar-refractivity contribution is -0.250. The molecular weight excluding hydrogens is 310 g/mol. The van der Waals surface area contributed by atoms with E-state index in [1.165, 1.54) is 0 Å². The summed E-state index contributed by atoms with van der Waals surface area (Å²) in [5.74, 6) is -0.978. The fraction of sp³-hybridized carbons (Fsp3) is 0.412. The van der Waals surface area contributed by atoms with Crippen LogP contribution in [-0.2, 0) is 9.47 Å². The molecule has 1 aliphatic heterocycles. The molecule has 0 saturated carbocycles. The van der Waals surface area contributed by atoms with Crippen LogP contribution in [-0.4, -0.2) is 44.0 Å². The quantitative estimate of drug-likeness (QED) is 0.694. The highest BCUT2D eigenvalue weighted by Gasteiger charge is 2.29. The Balaban J connectivity index is 1.81. The van der Waals surface area contributed by atoms with Gasteiger partial charge in [0.25, 0.3) is 5.91 Å². The van der Waals surface area contributed by atoms with E-state index in [2.05, 4.69) is 22.5 Å². The lowest BCUT2D eigenvalue weighted by Gasteiger charge is -2.33. The summed E-state index contributed by atoms with van der Waals surface area (Å²) in [6.45, 7) is 7.24. The summed E-state index contributed by atoms with van der Waals surface area (Å²) < 4.78 is 11.0. The van der Waals surface area contributed by atoms with Crippen molar-refractivity contribution in [3.05, 3.63) is 42.5 Å². The smallest absolute Gasteiger partial charge is 0.319 e. The van der Waals surface area contributed by atoms with Crippen LogP contribution in [0.1, 0.15) is 23.7 Å². The van der Waals surface area contributed by atoms with Gasteiger partial charge < -0.3 is 25.4 Å². The third kappa shape index (κ3) is 5.36. The highest BCUT2D eigenvalue weighted by atomic mass is 16.7. The lowest BCUT2D eigenvalue weighted by atomic mass is 10.2. The maximum Gasteiger partial charge on any atom is 0.319 e. The number of carbonyl (C=O) groups excluding carboxylic acids is 2. The number of hydrogen-bond acceptors (Lipinski definition) is 4. The first-order chi connectivity index (χ1) is 11.5. The monoisotopic (exact) mass is 333 g/mol. The fourth-order valence-electron chi connectivity index (χ4n) is 2.17. The van der Waals surface area contributed by atoms with Gasteiger partial charge in [0.2, 0.25) is 0 Å². The normalized spacial score (nSPS) is 16.0. The van der Waals surface area contributed by atoms with E-state index in [-0.39, 0.29) is 18.5 Å². The van der Waals surface area contributed by atoms with E-state index in [0.29, 0.717) is 31.0 Å². The summed E-state index contributed by atoms with van der Waals surface area (Å²) in [5, 5.41) is 8.10. The molecule has 3 N–H and O–H groups in total. The van der Waals surface area contributed by atoms with E-state index < -0.39 is 5.79 Å². The first-order valence-electron chi connectivity index (χ1n) is 7.84. The largest absolute Gasteiger partial charge is 0.349 e. The molecule has 0 bridgehead atoms. The molecule has 1 aromatic carbocycles. The second-order valence-corrected chi connectivity index (χ2v) is 5.57. The molecule has 0 unspecified atom stereocenters. The number of benzene rings is 1. The zero-order valence-corrected chi connectivity index (χ0v) is 13.8. The molecule has 1 aromatic rings. The fourth-order valence-corrected chi connectivity index (χ4v) is 2.17. The number of amides is 3. The Kier molecular flexibility index (Phi) is 6.34. The molecule has 1 heterocycles. The van der Waals surface area contributed by atoms with Gasteiger partial charge in [-0.05, 0) is 37.6 Å². The summed E-state index contributed by atoms with van der Waals surface area (Å²) in [6, 6.07) is 6.25. The van der Waals surface area contributed by atoms with Gasteiger partial charge in [0.15, 0.2) is 5.79 Å². The number of ether oxygens (including phenoxy) is 2. The summed E-state index contributed by atoms with van der Waals surface area (Å²) in [4.78, 5) is 23.7. The Bertz CT molecular complexity index is 580. The van der Waals surface area contributed by atoms with Crippen LogP contribution in [0.25, 0.3) is 0 Å². The minimum Gasteiger partial charge on any atom is -0.349 e. The number of anilines is 1. The van der Waals surface area contributed by atoms with Crippen molar-refractivity contribution in [2.24, 2.45) is 0 Å². The van der Waals surface area contributed by atoms with Gasteiger partial charge in [-0.3, -0.25) is 4.79 Å². The molecular formula is C17H23N3O4. The van der Waals surface area contributed by atoms with Gasteiger partial charge in [0.1, 0.15) is 0 Å². The van der Waals surface area contributed by atoms with E-state index in [1.807, 2.05) is 0 Å². The average molecular weight is 333 g/mol. The van der Waals surface area contributed by atoms with E-state index >= 15 is 0 Å². The summed E-state index contributed by atoms with van der Waals surface area (Å²) in [7, 11) is 0. The van der Waals surface area contributed by atoms with Gasteiger partial charge in [0, 0.05) is 17.8 Å². The average Bonchev–Trinajstić information content (AvgIpc) is 2.59. The van der Waals surface area contributed by atoms with Gasteiger partial charge in [0.05, 0.1) is 19.8 Å². The van der Waals surface area contributed by atoms with Gasteiger partial charge >= 0.3 is 6.03 Å². The molecule has 1 aliphatic rings. The van der Waals surface area contributed by atoms with Gasteiger partial charge in [-0.15, -0.1) is 6.58 Å². The highest BCUT2D eigenvalue weighted by molar-refractivity contribution is 5.95. The first kappa shape index (κ1) is 18.0. The van der Waals surface area contributed by atoms with Crippen molar-refractivity contribution in [1.29, 1.82) is 0 Å². The van der Waals surface area contributed by atoms with Crippen molar-refractivity contribution in [3.63, 3.8) is 0 Å². The second-order valence-electron chi connectivity index (χ2n) is 5.57. The topological polar surface area (TPSA) is 88.7 Å². The van der Waals surface area contributed by atoms with Crippen molar-refractivity contribution in [2.75, 3.05) is 31.6 Å². The Morgan fingerprint density at radius 1 is 1.21 bits per heavy atom. The van der Waals surface area contributed by atoms with Crippen LogP contribution in [0.15, 0.2) is 36.9 Å². The Hall–Kier alpha value is -2.38. The molecule has 0 spiro atoms. The molecule has 0 radical (unpaired) electrons. The molecule has 24 heavy (non-hydrogen) atoms. The zero-order chi connectivity index (χ0) is 17.4. The lowest BCUT2D eigenvalue weighted by Crippen LogP contribution is -2.48. The molecule has 7 heteroatoms. The summed E-state index contributed by atoms with van der Waals surface area (Å²) >= 11 is 0. The second kappa shape index (κ2) is 8.47. The molecule has 3 amide bonds. The van der Waals surface area contributed by atoms with Crippen LogP contribution in [0.5, 0.6) is 0 Å². The molecule has 2 rings (SSSR count). The molecule has 0 aromatic heterocycles. The number of urea groups is 1. The number of carbonyl (C=O) groups is 2. The molecule has 7 nitrogen and oxygen atoms in total. The van der Waals surface area contributed by atoms with Crippen molar-refractivity contribution in [3.8, 4) is 0 Å². The molecule has 0 atom stereocenters. The SMILES string of the molecule is C=CCNC(=O)c1ccc(NC(=O)NCC2(C)OCCCO2)cc1. The Morgan fingerprint density at radius 2 is 1.88 bits per heavy atom. The van der Waals surface area contributed by atoms with E-state index in [9.17, 15) is 9.59 Å². The standard InChI is InChI=1S/C17H23N3O4/c1-3-9-18-15(21)13-5-7-14(8-6-13)20-16(22)19-12-17(2)23-10-4-11-24-17/h3,5-8H,1,4,9-12H2,2H3,(H,18,21)(H2,19,20,22). The number of hydrogen-bond donors (Lipinski definition) is 3. The van der Waals surface area contributed by atoms with Gasteiger partial charge in [-0.25, -0.2) is 4.79 Å². The van der Waals surface area contributed by atoms with Crippen molar-refractivity contribution in [2.45, 2.75) is 19.1 Å². The van der Waals surface area contributed by atoms with Crippen LogP contribution < -0.4 is 16.0 Å². The Labute approximate surface area is 141 Å². The van der Waals surface area contributed by atoms with Gasteiger partial charge in [-0.1, -0.05) is 6.08 Å². The zero-order valence-electron chi connectivity index (χ0n) is 13.8. The third-order valence-corrected chi connectivity index (χ3v) is 3.49. The first-order valence-corrected chi connectivity index (χ1v) is 7.84. The molecule has 1 saturated heterocycles. The maximum absolute atomic E-state index is 11.9. The van der Waals surface area contributed by atoms with E-state index in [4.69, 9.17) is 9.47 Å². The van der Waals surface area contributed by atoms with Crippen molar-refractivity contribution >= 4 is 17.6 Å². The summed E-state index contributed by atoms with van der Waals surface area (Å²) in [6.07, 6.45) is 2.47. The Morgan fingerprint density at radius 3 is 2.50 bits per heavy atom. The van der Waals surface area contributed by atoms with E-state index in [0.717, 1.165) is 6.42 Å². The van der Waals surface area contributed by atoms with Crippen molar-refractivity contribution in [1.82, 2.24) is 10.6 Å². The van der Waals surface area contributed by atoms with Gasteiger partial charge in [-0.2, -0.15) is 0 Å². The molecule has 1 fully saturated rings. The number of rotatable bonds is 6. The predicted octanol–water partition coefficient (Wildman–Crippen LogP) is 1.88. The minimum absolute atomic E-state index is 0.189. The van der Waals surface area contributed by atoms with Crippen LogP contribution in [0.4, 0.5) is 10.5 Å². The predicted molar refractivity (Wildman–Crippen MR) is 90.9 cm³/mol. The van der Waals surface area contributed by atoms with Crippen LogP contribution in [0.3, 0.4) is 0 Å². The summed E-state index contributed by atoms with van der Waals surface area (Å²) in [5.41, 5.74) is 1.10.